The highest BCUT2D eigenvalue weighted by atomic mass is 32.2. The molecule has 1 aliphatic heterocycles. The molecular weight excluding hydrogens is 294 g/mol. The molecule has 1 aromatic carbocycles. The lowest BCUT2D eigenvalue weighted by atomic mass is 9.98. The van der Waals surface area contributed by atoms with E-state index in [2.05, 4.69) is 19.9 Å². The van der Waals surface area contributed by atoms with Crippen molar-refractivity contribution in [2.45, 2.75) is 31.6 Å². The lowest BCUT2D eigenvalue weighted by Gasteiger charge is -2.32. The van der Waals surface area contributed by atoms with E-state index in [1.54, 1.807) is 11.8 Å². The maximum absolute atomic E-state index is 12.8. The van der Waals surface area contributed by atoms with E-state index in [-0.39, 0.29) is 18.4 Å². The van der Waals surface area contributed by atoms with Gasteiger partial charge in [0.1, 0.15) is 0 Å². The summed E-state index contributed by atoms with van der Waals surface area (Å²) in [7, 11) is 0. The maximum atomic E-state index is 12.8. The van der Waals surface area contributed by atoms with Crippen molar-refractivity contribution < 1.29 is 9.90 Å². The summed E-state index contributed by atoms with van der Waals surface area (Å²) in [6, 6.07) is 7.83. The van der Waals surface area contributed by atoms with E-state index >= 15 is 0 Å². The summed E-state index contributed by atoms with van der Waals surface area (Å²) in [5, 5.41) is 9.34. The molecule has 0 spiro atoms. The Labute approximate surface area is 137 Å². The fraction of sp³-hybridized carbons (Fsp3) is 0.500. The highest BCUT2D eigenvalue weighted by Gasteiger charge is 2.25. The molecule has 1 atom stereocenters. The summed E-state index contributed by atoms with van der Waals surface area (Å²) in [6.07, 6.45) is 4.16. The second kappa shape index (κ2) is 8.39. The van der Waals surface area contributed by atoms with Gasteiger partial charge in [0, 0.05) is 30.3 Å². The molecule has 1 aliphatic rings. The summed E-state index contributed by atoms with van der Waals surface area (Å²) >= 11 is 1.70. The largest absolute Gasteiger partial charge is 0.396 e. The van der Waals surface area contributed by atoms with Crippen molar-refractivity contribution in [3.8, 4) is 0 Å². The van der Waals surface area contributed by atoms with Gasteiger partial charge in [0.2, 0.25) is 0 Å². The van der Waals surface area contributed by atoms with Crippen LogP contribution < -0.4 is 0 Å². The van der Waals surface area contributed by atoms with E-state index in [9.17, 15) is 9.90 Å². The average molecular weight is 319 g/mol. The average Bonchev–Trinajstić information content (AvgIpc) is 2.54. The van der Waals surface area contributed by atoms with Gasteiger partial charge in [-0.05, 0) is 44.7 Å². The molecule has 120 valence electrons. The number of carbonyl (C=O) groups excluding carboxylic acids is 1. The van der Waals surface area contributed by atoms with Crippen LogP contribution in [0.2, 0.25) is 0 Å². The zero-order chi connectivity index (χ0) is 15.9. The van der Waals surface area contributed by atoms with Crippen molar-refractivity contribution in [2.75, 3.05) is 25.4 Å². The second-order valence-corrected chi connectivity index (χ2v) is 7.09. The van der Waals surface area contributed by atoms with Gasteiger partial charge in [0.25, 0.3) is 5.91 Å². The Morgan fingerprint density at radius 1 is 1.41 bits per heavy atom. The summed E-state index contributed by atoms with van der Waals surface area (Å²) in [4.78, 5) is 15.7. The number of allylic oxidation sites excluding steroid dienone is 1. The van der Waals surface area contributed by atoms with Gasteiger partial charge in [-0.15, -0.1) is 11.8 Å². The normalized spacial score (nSPS) is 18.1. The second-order valence-electron chi connectivity index (χ2n) is 6.03. The number of piperidine rings is 1. The number of hydrogen-bond donors (Lipinski definition) is 1. The first-order chi connectivity index (χ1) is 10.6. The Morgan fingerprint density at radius 3 is 2.91 bits per heavy atom. The molecule has 0 saturated carbocycles. The van der Waals surface area contributed by atoms with Crippen molar-refractivity contribution in [3.63, 3.8) is 0 Å². The fourth-order valence-electron chi connectivity index (χ4n) is 2.64. The number of carbonyl (C=O) groups is 1. The van der Waals surface area contributed by atoms with Crippen LogP contribution in [0.4, 0.5) is 0 Å². The molecule has 0 aliphatic carbocycles. The topological polar surface area (TPSA) is 40.5 Å². The third kappa shape index (κ3) is 4.62. The molecule has 1 N–H and O–H groups in total. The van der Waals surface area contributed by atoms with Gasteiger partial charge in [-0.25, -0.2) is 0 Å². The summed E-state index contributed by atoms with van der Waals surface area (Å²) < 4.78 is 0. The monoisotopic (exact) mass is 319 g/mol. The van der Waals surface area contributed by atoms with Crippen molar-refractivity contribution in [2.24, 2.45) is 5.92 Å². The quantitative estimate of drug-likeness (QED) is 0.666. The Kier molecular flexibility index (Phi) is 6.52. The van der Waals surface area contributed by atoms with Gasteiger partial charge in [0.05, 0.1) is 5.56 Å². The number of benzene rings is 1. The fourth-order valence-corrected chi connectivity index (χ4v) is 3.72. The molecule has 1 aromatic rings. The number of thioether (sulfide) groups is 1. The maximum Gasteiger partial charge on any atom is 0.254 e. The van der Waals surface area contributed by atoms with Crippen LogP contribution >= 0.6 is 11.8 Å². The van der Waals surface area contributed by atoms with Crippen molar-refractivity contribution >= 4 is 17.7 Å². The van der Waals surface area contributed by atoms with Crippen LogP contribution in [-0.4, -0.2) is 41.4 Å². The predicted octanol–water partition coefficient (Wildman–Crippen LogP) is 3.59. The number of hydrogen-bond acceptors (Lipinski definition) is 3. The molecule has 1 saturated heterocycles. The first-order valence-electron chi connectivity index (χ1n) is 7.87. The molecule has 1 amide bonds. The van der Waals surface area contributed by atoms with Gasteiger partial charge in [0.15, 0.2) is 0 Å². The van der Waals surface area contributed by atoms with Gasteiger partial charge >= 0.3 is 0 Å². The highest BCUT2D eigenvalue weighted by Crippen LogP contribution is 2.26. The van der Waals surface area contributed by atoms with Crippen LogP contribution in [0.5, 0.6) is 0 Å². The molecule has 4 heteroatoms. The van der Waals surface area contributed by atoms with E-state index < -0.39 is 0 Å². The molecule has 0 aromatic heterocycles. The number of nitrogens with zero attached hydrogens (tertiary/aromatic N) is 1. The van der Waals surface area contributed by atoms with Crippen LogP contribution in [0.3, 0.4) is 0 Å². The van der Waals surface area contributed by atoms with Crippen LogP contribution in [0.25, 0.3) is 0 Å². The zero-order valence-electron chi connectivity index (χ0n) is 13.4. The Bertz CT molecular complexity index is 538. The molecule has 3 nitrogen and oxygen atoms in total. The van der Waals surface area contributed by atoms with Crippen LogP contribution in [0, 0.1) is 5.92 Å². The van der Waals surface area contributed by atoms with Gasteiger partial charge in [-0.3, -0.25) is 4.79 Å². The third-order valence-electron chi connectivity index (χ3n) is 3.91. The minimum Gasteiger partial charge on any atom is -0.396 e. The minimum atomic E-state index is 0.0958. The summed E-state index contributed by atoms with van der Waals surface area (Å²) in [5.41, 5.74) is 2.08. The zero-order valence-corrected chi connectivity index (χ0v) is 14.2. The van der Waals surface area contributed by atoms with Crippen molar-refractivity contribution in [3.05, 3.63) is 41.5 Å². The molecule has 0 radical (unpaired) electrons. The standard InChI is InChI=1S/C18H25NO2S/c1-14(2)9-11-22-17-8-4-3-7-16(17)18(21)19-10-5-6-15(12-19)13-20/h3-4,7-9,15,20H,5-6,10-13H2,1-2H3. The number of aliphatic hydroxyl groups excluding tert-OH is 1. The number of amides is 1. The number of rotatable bonds is 5. The highest BCUT2D eigenvalue weighted by molar-refractivity contribution is 7.99. The van der Waals surface area contributed by atoms with Crippen molar-refractivity contribution in [1.82, 2.24) is 4.90 Å². The smallest absolute Gasteiger partial charge is 0.254 e. The molecule has 1 fully saturated rings. The van der Waals surface area contributed by atoms with E-state index in [1.807, 2.05) is 29.2 Å². The van der Waals surface area contributed by atoms with E-state index in [0.29, 0.717) is 6.54 Å². The molecule has 22 heavy (non-hydrogen) atoms. The Hall–Kier alpha value is -1.26. The van der Waals surface area contributed by atoms with E-state index in [1.165, 1.54) is 5.57 Å². The predicted molar refractivity (Wildman–Crippen MR) is 92.3 cm³/mol. The number of aliphatic hydroxyl groups is 1. The van der Waals surface area contributed by atoms with Gasteiger partial charge in [-0.1, -0.05) is 23.8 Å². The molecule has 0 bridgehead atoms. The van der Waals surface area contributed by atoms with Gasteiger partial charge < -0.3 is 10.0 Å². The lowest BCUT2D eigenvalue weighted by Crippen LogP contribution is -2.41. The molecular formula is C18H25NO2S. The first kappa shape index (κ1) is 17.1. The van der Waals surface area contributed by atoms with Gasteiger partial charge in [-0.2, -0.15) is 0 Å². The van der Waals surface area contributed by atoms with Crippen LogP contribution in [0.15, 0.2) is 40.8 Å². The molecule has 1 unspecified atom stereocenters. The minimum absolute atomic E-state index is 0.0958. The first-order valence-corrected chi connectivity index (χ1v) is 8.85. The van der Waals surface area contributed by atoms with E-state index in [4.69, 9.17) is 0 Å². The van der Waals surface area contributed by atoms with Crippen LogP contribution in [-0.2, 0) is 0 Å². The van der Waals surface area contributed by atoms with E-state index in [0.717, 1.165) is 35.6 Å². The molecule has 1 heterocycles. The lowest BCUT2D eigenvalue weighted by molar-refractivity contribution is 0.0617. The summed E-state index contributed by atoms with van der Waals surface area (Å²) in [6.45, 7) is 5.80. The third-order valence-corrected chi connectivity index (χ3v) is 4.91. The van der Waals surface area contributed by atoms with Crippen molar-refractivity contribution in [1.29, 1.82) is 0 Å². The molecule has 2 rings (SSSR count). The van der Waals surface area contributed by atoms with Crippen LogP contribution in [0.1, 0.15) is 37.0 Å². The number of likely N-dealkylation sites (tertiary alicyclic amines) is 1. The Morgan fingerprint density at radius 2 is 2.18 bits per heavy atom. The Balaban J connectivity index is 2.10. The SMILES string of the molecule is CC(C)=CCSc1ccccc1C(=O)N1CCCC(CO)C1. The summed E-state index contributed by atoms with van der Waals surface area (Å²) in [5.74, 6) is 1.20.